The van der Waals surface area contributed by atoms with Crippen LogP contribution in [-0.4, -0.2) is 34.4 Å². The maximum atomic E-state index is 11.9. The summed E-state index contributed by atoms with van der Waals surface area (Å²) in [4.78, 5) is 11.9. The van der Waals surface area contributed by atoms with E-state index < -0.39 is 0 Å². The van der Waals surface area contributed by atoms with Gasteiger partial charge in [0.1, 0.15) is 0 Å². The minimum absolute atomic E-state index is 0.134. The molecule has 21 heavy (non-hydrogen) atoms. The van der Waals surface area contributed by atoms with Gasteiger partial charge in [0.15, 0.2) is 0 Å². The molecule has 3 rings (SSSR count). The third-order valence-electron chi connectivity index (χ3n) is 3.78. The number of ether oxygens (including phenoxy) is 1. The summed E-state index contributed by atoms with van der Waals surface area (Å²) in [7, 11) is 0. The fraction of sp³-hybridized carbons (Fsp3) is 0.467. The summed E-state index contributed by atoms with van der Waals surface area (Å²) in [5.41, 5.74) is 2.02. The molecule has 1 fully saturated rings. The molecule has 0 aromatic carbocycles. The van der Waals surface area contributed by atoms with Crippen molar-refractivity contribution in [2.75, 3.05) is 6.61 Å². The zero-order chi connectivity index (χ0) is 14.7. The van der Waals surface area contributed by atoms with Gasteiger partial charge in [-0.2, -0.15) is 5.10 Å². The fourth-order valence-electron chi connectivity index (χ4n) is 2.59. The van der Waals surface area contributed by atoms with Gasteiger partial charge in [-0.3, -0.25) is 0 Å². The van der Waals surface area contributed by atoms with Crippen LogP contribution in [0.1, 0.15) is 25.3 Å². The third-order valence-corrected chi connectivity index (χ3v) is 3.78. The molecule has 0 aliphatic heterocycles. The van der Waals surface area contributed by atoms with Crippen molar-refractivity contribution < 1.29 is 9.53 Å². The van der Waals surface area contributed by atoms with E-state index >= 15 is 0 Å². The Balaban J connectivity index is 1.46. The summed E-state index contributed by atoms with van der Waals surface area (Å²) in [6.45, 7) is 3.20. The summed E-state index contributed by atoms with van der Waals surface area (Å²) in [6, 6.07) is 5.97. The predicted molar refractivity (Wildman–Crippen MR) is 79.0 cm³/mol. The Morgan fingerprint density at radius 3 is 3.14 bits per heavy atom. The van der Waals surface area contributed by atoms with E-state index in [4.69, 9.17) is 4.74 Å². The van der Waals surface area contributed by atoms with E-state index in [2.05, 4.69) is 15.7 Å². The summed E-state index contributed by atoms with van der Waals surface area (Å²) in [6.07, 6.45) is 5.78. The van der Waals surface area contributed by atoms with Crippen LogP contribution in [0.15, 0.2) is 30.6 Å². The minimum Gasteiger partial charge on any atom is -0.378 e. The molecule has 0 spiro atoms. The van der Waals surface area contributed by atoms with Crippen LogP contribution in [0.5, 0.6) is 0 Å². The number of nitrogens with one attached hydrogen (secondary N) is 2. The highest BCUT2D eigenvalue weighted by atomic mass is 16.5. The van der Waals surface area contributed by atoms with E-state index in [0.717, 1.165) is 30.5 Å². The van der Waals surface area contributed by atoms with Crippen molar-refractivity contribution in [3.8, 4) is 0 Å². The third kappa shape index (κ3) is 3.16. The van der Waals surface area contributed by atoms with Crippen molar-refractivity contribution in [1.29, 1.82) is 0 Å². The number of hydrogen-bond acceptors (Lipinski definition) is 3. The standard InChI is InChI=1S/C15H20N4O2/c1-2-21-13-7-12(8-13)18-15(20)16-9-11-10-17-19-6-4-3-5-14(11)19/h3-6,10,12-13H,2,7-9H2,1H3,(H2,16,18,20). The molecule has 6 nitrogen and oxygen atoms in total. The molecule has 112 valence electrons. The highest BCUT2D eigenvalue weighted by Crippen LogP contribution is 2.22. The molecule has 0 atom stereocenters. The first kappa shape index (κ1) is 13.9. The van der Waals surface area contributed by atoms with Gasteiger partial charge in [-0.05, 0) is 31.9 Å². The number of urea groups is 1. The van der Waals surface area contributed by atoms with E-state index in [0.29, 0.717) is 12.6 Å². The molecule has 1 saturated carbocycles. The number of nitrogens with zero attached hydrogens (tertiary/aromatic N) is 2. The van der Waals surface area contributed by atoms with Crippen LogP contribution in [-0.2, 0) is 11.3 Å². The molecule has 0 unspecified atom stereocenters. The second-order valence-electron chi connectivity index (χ2n) is 5.27. The highest BCUT2D eigenvalue weighted by Gasteiger charge is 2.30. The van der Waals surface area contributed by atoms with Crippen molar-refractivity contribution in [2.24, 2.45) is 0 Å². The summed E-state index contributed by atoms with van der Waals surface area (Å²) < 4.78 is 7.27. The zero-order valence-corrected chi connectivity index (χ0v) is 12.1. The lowest BCUT2D eigenvalue weighted by Gasteiger charge is -2.35. The van der Waals surface area contributed by atoms with Gasteiger partial charge in [0.2, 0.25) is 0 Å². The molecule has 0 bridgehead atoms. The van der Waals surface area contributed by atoms with Crippen molar-refractivity contribution in [1.82, 2.24) is 20.2 Å². The van der Waals surface area contributed by atoms with Gasteiger partial charge >= 0.3 is 6.03 Å². The number of carbonyl (C=O) groups is 1. The van der Waals surface area contributed by atoms with Crippen molar-refractivity contribution >= 4 is 11.5 Å². The van der Waals surface area contributed by atoms with Gasteiger partial charge in [-0.15, -0.1) is 0 Å². The van der Waals surface area contributed by atoms with Crippen LogP contribution < -0.4 is 10.6 Å². The first-order chi connectivity index (χ1) is 10.3. The smallest absolute Gasteiger partial charge is 0.315 e. The van der Waals surface area contributed by atoms with E-state index in [-0.39, 0.29) is 12.1 Å². The normalized spacial score (nSPS) is 21.0. The topological polar surface area (TPSA) is 67.7 Å². The zero-order valence-electron chi connectivity index (χ0n) is 12.1. The van der Waals surface area contributed by atoms with Crippen LogP contribution in [0.2, 0.25) is 0 Å². The predicted octanol–water partition coefficient (Wildman–Crippen LogP) is 1.70. The molecular weight excluding hydrogens is 268 g/mol. The van der Waals surface area contributed by atoms with Crippen LogP contribution in [0, 0.1) is 0 Å². The average Bonchev–Trinajstić information content (AvgIpc) is 2.86. The second-order valence-corrected chi connectivity index (χ2v) is 5.27. The van der Waals surface area contributed by atoms with E-state index in [9.17, 15) is 4.79 Å². The van der Waals surface area contributed by atoms with Crippen LogP contribution in [0.25, 0.3) is 5.52 Å². The molecule has 6 heteroatoms. The van der Waals surface area contributed by atoms with E-state index in [1.165, 1.54) is 0 Å². The molecule has 0 radical (unpaired) electrons. The lowest BCUT2D eigenvalue weighted by atomic mass is 9.89. The van der Waals surface area contributed by atoms with Gasteiger partial charge < -0.3 is 15.4 Å². The van der Waals surface area contributed by atoms with Crippen LogP contribution in [0.4, 0.5) is 4.79 Å². The number of amides is 2. The molecule has 1 aliphatic carbocycles. The second kappa shape index (κ2) is 6.13. The average molecular weight is 288 g/mol. The molecule has 2 amide bonds. The molecule has 2 N–H and O–H groups in total. The quantitative estimate of drug-likeness (QED) is 0.880. The molecule has 2 aromatic rings. The first-order valence-electron chi connectivity index (χ1n) is 7.33. The van der Waals surface area contributed by atoms with Gasteiger partial charge in [0, 0.05) is 31.0 Å². The fourth-order valence-corrected chi connectivity index (χ4v) is 2.59. The molecule has 0 saturated heterocycles. The number of hydrogen-bond donors (Lipinski definition) is 2. The molecule has 1 aliphatic rings. The van der Waals surface area contributed by atoms with E-state index in [1.807, 2.05) is 31.3 Å². The number of aromatic nitrogens is 2. The maximum Gasteiger partial charge on any atom is 0.315 e. The minimum atomic E-state index is -0.134. The van der Waals surface area contributed by atoms with Crippen LogP contribution in [0.3, 0.4) is 0 Å². The van der Waals surface area contributed by atoms with Gasteiger partial charge in [0.25, 0.3) is 0 Å². The molecular formula is C15H20N4O2. The Hall–Kier alpha value is -2.08. The largest absolute Gasteiger partial charge is 0.378 e. The summed E-state index contributed by atoms with van der Waals surface area (Å²) in [5.74, 6) is 0. The summed E-state index contributed by atoms with van der Waals surface area (Å²) in [5, 5.41) is 10.1. The number of carbonyl (C=O) groups excluding carboxylic acids is 1. The Morgan fingerprint density at radius 1 is 1.48 bits per heavy atom. The Labute approximate surface area is 123 Å². The Morgan fingerprint density at radius 2 is 2.33 bits per heavy atom. The number of pyridine rings is 1. The van der Waals surface area contributed by atoms with Crippen molar-refractivity contribution in [3.63, 3.8) is 0 Å². The van der Waals surface area contributed by atoms with Gasteiger partial charge in [-0.25, -0.2) is 9.31 Å². The van der Waals surface area contributed by atoms with Gasteiger partial charge in [0.05, 0.1) is 17.8 Å². The van der Waals surface area contributed by atoms with Gasteiger partial charge in [-0.1, -0.05) is 6.07 Å². The summed E-state index contributed by atoms with van der Waals surface area (Å²) >= 11 is 0. The van der Waals surface area contributed by atoms with Crippen LogP contribution >= 0.6 is 0 Å². The lowest BCUT2D eigenvalue weighted by molar-refractivity contribution is -0.00709. The molecule has 2 heterocycles. The van der Waals surface area contributed by atoms with Crippen molar-refractivity contribution in [2.45, 2.75) is 38.5 Å². The lowest BCUT2D eigenvalue weighted by Crippen LogP contribution is -2.50. The first-order valence-corrected chi connectivity index (χ1v) is 7.33. The van der Waals surface area contributed by atoms with E-state index in [1.54, 1.807) is 10.7 Å². The SMILES string of the molecule is CCOC1CC(NC(=O)NCc2cnn3ccccc23)C1. The Bertz CT molecular complexity index is 619. The monoisotopic (exact) mass is 288 g/mol. The van der Waals surface area contributed by atoms with Crippen molar-refractivity contribution in [3.05, 3.63) is 36.2 Å². The highest BCUT2D eigenvalue weighted by molar-refractivity contribution is 5.74. The number of rotatable bonds is 5. The number of fused-ring (bicyclic) bond motifs is 1. The molecule has 2 aromatic heterocycles. The Kier molecular flexibility index (Phi) is 4.06. The maximum absolute atomic E-state index is 11.9.